The molecule has 1 aliphatic rings. The number of benzene rings is 1. The minimum atomic E-state index is -0.877. The van der Waals surface area contributed by atoms with Gasteiger partial charge < -0.3 is 15.2 Å². The lowest BCUT2D eigenvalue weighted by molar-refractivity contribution is -0.127. The van der Waals surface area contributed by atoms with Crippen LogP contribution in [0.4, 0.5) is 4.79 Å². The first kappa shape index (κ1) is 20.7. The van der Waals surface area contributed by atoms with Crippen LogP contribution in [0.2, 0.25) is 0 Å². The second kappa shape index (κ2) is 8.37. The molecule has 27 heavy (non-hydrogen) atoms. The summed E-state index contributed by atoms with van der Waals surface area (Å²) in [6, 6.07) is 8.32. The molecule has 1 saturated carbocycles. The standard InChI is InChI=1S/C21H27NO5/c1-13(2)18(22-20(26)27-12-14-8-6-5-7-9-14)19(25)17-15(23)10-21(3,4)11-16(17)24/h5-9,13,18,25H,10-12H2,1-4H3,(H,22,26). The van der Waals surface area contributed by atoms with Gasteiger partial charge in [-0.1, -0.05) is 58.0 Å². The minimum Gasteiger partial charge on any atom is -0.509 e. The molecule has 6 nitrogen and oxygen atoms in total. The third-order valence-electron chi connectivity index (χ3n) is 4.54. The molecule has 1 aliphatic carbocycles. The Morgan fingerprint density at radius 3 is 2.22 bits per heavy atom. The molecule has 0 aliphatic heterocycles. The van der Waals surface area contributed by atoms with E-state index < -0.39 is 17.6 Å². The number of carbonyl (C=O) groups excluding carboxylic acids is 3. The van der Waals surface area contributed by atoms with E-state index in [0.29, 0.717) is 0 Å². The Balaban J connectivity index is 2.12. The number of allylic oxidation sites excluding steroid dienone is 1. The molecule has 2 rings (SSSR count). The van der Waals surface area contributed by atoms with Gasteiger partial charge in [-0.25, -0.2) is 4.79 Å². The Morgan fingerprint density at radius 2 is 1.70 bits per heavy atom. The van der Waals surface area contributed by atoms with E-state index in [9.17, 15) is 19.5 Å². The lowest BCUT2D eigenvalue weighted by Gasteiger charge is -2.30. The van der Waals surface area contributed by atoms with E-state index in [2.05, 4.69) is 5.32 Å². The summed E-state index contributed by atoms with van der Waals surface area (Å²) >= 11 is 0. The van der Waals surface area contributed by atoms with Gasteiger partial charge in [0.25, 0.3) is 0 Å². The highest BCUT2D eigenvalue weighted by Crippen LogP contribution is 2.35. The topological polar surface area (TPSA) is 92.7 Å². The summed E-state index contributed by atoms with van der Waals surface area (Å²) in [5.41, 5.74) is 0.209. The van der Waals surface area contributed by atoms with Crippen molar-refractivity contribution in [3.63, 3.8) is 0 Å². The van der Waals surface area contributed by atoms with Crippen LogP contribution in [0.1, 0.15) is 46.1 Å². The molecule has 146 valence electrons. The van der Waals surface area contributed by atoms with E-state index in [-0.39, 0.29) is 48.3 Å². The number of Topliss-reactive ketones (excluding diaryl/α,β-unsaturated/α-hetero) is 2. The van der Waals surface area contributed by atoms with Crippen molar-refractivity contribution in [2.75, 3.05) is 0 Å². The molecule has 6 heteroatoms. The molecule has 0 aromatic heterocycles. The Morgan fingerprint density at radius 1 is 1.15 bits per heavy atom. The Labute approximate surface area is 159 Å². The van der Waals surface area contributed by atoms with E-state index >= 15 is 0 Å². The second-order valence-corrected chi connectivity index (χ2v) is 8.05. The van der Waals surface area contributed by atoms with Crippen LogP contribution in [0.5, 0.6) is 0 Å². The number of hydrogen-bond donors (Lipinski definition) is 2. The number of ether oxygens (including phenoxy) is 1. The van der Waals surface area contributed by atoms with Crippen LogP contribution in [-0.4, -0.2) is 28.8 Å². The molecule has 1 aromatic carbocycles. The molecule has 0 spiro atoms. The van der Waals surface area contributed by atoms with Gasteiger partial charge in [-0.3, -0.25) is 9.59 Å². The predicted molar refractivity (Wildman–Crippen MR) is 101 cm³/mol. The molecule has 0 saturated heterocycles. The summed E-state index contributed by atoms with van der Waals surface area (Å²) in [6.45, 7) is 7.33. The fourth-order valence-corrected chi connectivity index (χ4v) is 3.15. The van der Waals surface area contributed by atoms with Crippen LogP contribution in [0.3, 0.4) is 0 Å². The first-order chi connectivity index (χ1) is 12.6. The quantitative estimate of drug-likeness (QED) is 0.466. The number of alkyl carbamates (subject to hydrolysis) is 1. The van der Waals surface area contributed by atoms with Crippen molar-refractivity contribution in [2.45, 2.75) is 53.2 Å². The summed E-state index contributed by atoms with van der Waals surface area (Å²) in [6.07, 6.45) is -0.358. The summed E-state index contributed by atoms with van der Waals surface area (Å²) in [5, 5.41) is 13.2. The van der Waals surface area contributed by atoms with Crippen LogP contribution in [-0.2, 0) is 20.9 Å². The van der Waals surface area contributed by atoms with Crippen molar-refractivity contribution >= 4 is 17.7 Å². The number of aliphatic hydroxyl groups excluding tert-OH is 1. The smallest absolute Gasteiger partial charge is 0.408 e. The number of amides is 1. The van der Waals surface area contributed by atoms with Crippen LogP contribution in [0, 0.1) is 11.3 Å². The van der Waals surface area contributed by atoms with Gasteiger partial charge in [-0.05, 0) is 16.9 Å². The fourth-order valence-electron chi connectivity index (χ4n) is 3.15. The van der Waals surface area contributed by atoms with Crippen LogP contribution < -0.4 is 5.32 Å². The van der Waals surface area contributed by atoms with E-state index in [4.69, 9.17) is 4.74 Å². The fraction of sp³-hybridized carbons (Fsp3) is 0.476. The Kier molecular flexibility index (Phi) is 6.41. The normalized spacial score (nSPS) is 17.6. The zero-order chi connectivity index (χ0) is 20.2. The molecular weight excluding hydrogens is 346 g/mol. The van der Waals surface area contributed by atoms with Gasteiger partial charge >= 0.3 is 6.09 Å². The van der Waals surface area contributed by atoms with Gasteiger partial charge in [0, 0.05) is 12.8 Å². The van der Waals surface area contributed by atoms with E-state index in [1.807, 2.05) is 44.2 Å². The van der Waals surface area contributed by atoms with Crippen molar-refractivity contribution in [3.05, 3.63) is 47.2 Å². The highest BCUT2D eigenvalue weighted by Gasteiger charge is 2.39. The van der Waals surface area contributed by atoms with Crippen LogP contribution in [0.15, 0.2) is 41.7 Å². The van der Waals surface area contributed by atoms with Gasteiger partial charge in [0.1, 0.15) is 17.9 Å². The molecule has 0 radical (unpaired) electrons. The minimum absolute atomic E-state index is 0.0842. The highest BCUT2D eigenvalue weighted by molar-refractivity contribution is 6.22. The maximum atomic E-state index is 12.4. The molecule has 0 bridgehead atoms. The molecule has 2 N–H and O–H groups in total. The Bertz CT molecular complexity index is 727. The van der Waals surface area contributed by atoms with Crippen molar-refractivity contribution < 1.29 is 24.2 Å². The SMILES string of the molecule is CC(C)C(NC(=O)OCc1ccccc1)C(O)=C1C(=O)CC(C)(C)CC1=O. The van der Waals surface area contributed by atoms with Gasteiger partial charge in [-0.15, -0.1) is 0 Å². The van der Waals surface area contributed by atoms with Crippen molar-refractivity contribution in [2.24, 2.45) is 11.3 Å². The second-order valence-electron chi connectivity index (χ2n) is 8.05. The zero-order valence-electron chi connectivity index (χ0n) is 16.2. The molecule has 1 unspecified atom stereocenters. The summed E-state index contributed by atoms with van der Waals surface area (Å²) in [4.78, 5) is 37.0. The van der Waals surface area contributed by atoms with Crippen molar-refractivity contribution in [3.8, 4) is 0 Å². The molecular formula is C21H27NO5. The number of rotatable bonds is 5. The maximum Gasteiger partial charge on any atom is 0.408 e. The number of ketones is 2. The van der Waals surface area contributed by atoms with E-state index in [1.165, 1.54) is 0 Å². The van der Waals surface area contributed by atoms with Gasteiger partial charge in [0.05, 0.1) is 6.04 Å². The van der Waals surface area contributed by atoms with E-state index in [1.54, 1.807) is 13.8 Å². The molecule has 1 amide bonds. The molecule has 1 atom stereocenters. The summed E-state index contributed by atoms with van der Waals surface area (Å²) < 4.78 is 5.18. The largest absolute Gasteiger partial charge is 0.509 e. The van der Waals surface area contributed by atoms with Crippen LogP contribution >= 0.6 is 0 Å². The average Bonchev–Trinajstić information content (AvgIpc) is 2.56. The first-order valence-corrected chi connectivity index (χ1v) is 9.07. The van der Waals surface area contributed by atoms with E-state index in [0.717, 1.165) is 5.56 Å². The van der Waals surface area contributed by atoms with Gasteiger partial charge in [-0.2, -0.15) is 0 Å². The van der Waals surface area contributed by atoms with Gasteiger partial charge in [0.2, 0.25) is 0 Å². The third kappa shape index (κ3) is 5.42. The maximum absolute atomic E-state index is 12.4. The zero-order valence-corrected chi connectivity index (χ0v) is 16.2. The van der Waals surface area contributed by atoms with Crippen molar-refractivity contribution in [1.82, 2.24) is 5.32 Å². The summed E-state index contributed by atoms with van der Waals surface area (Å²) in [5.74, 6) is -1.40. The molecule has 1 fully saturated rings. The lowest BCUT2D eigenvalue weighted by atomic mass is 9.73. The number of hydrogen-bond acceptors (Lipinski definition) is 5. The predicted octanol–water partition coefficient (Wildman–Crippen LogP) is 3.71. The number of nitrogens with one attached hydrogen (secondary N) is 1. The Hall–Kier alpha value is -2.63. The summed E-state index contributed by atoms with van der Waals surface area (Å²) in [7, 11) is 0. The highest BCUT2D eigenvalue weighted by atomic mass is 16.5. The number of aliphatic hydroxyl groups is 1. The monoisotopic (exact) mass is 373 g/mol. The third-order valence-corrected chi connectivity index (χ3v) is 4.54. The van der Waals surface area contributed by atoms with Crippen molar-refractivity contribution in [1.29, 1.82) is 0 Å². The molecule has 1 aromatic rings. The number of carbonyl (C=O) groups is 3. The average molecular weight is 373 g/mol. The molecule has 0 heterocycles. The lowest BCUT2D eigenvalue weighted by Crippen LogP contribution is -2.43. The van der Waals surface area contributed by atoms with Crippen LogP contribution in [0.25, 0.3) is 0 Å². The first-order valence-electron chi connectivity index (χ1n) is 9.07. The van der Waals surface area contributed by atoms with Gasteiger partial charge in [0.15, 0.2) is 11.6 Å².